The summed E-state index contributed by atoms with van der Waals surface area (Å²) in [6.45, 7) is 5.72. The summed E-state index contributed by atoms with van der Waals surface area (Å²) in [4.78, 5) is 17.8. The highest BCUT2D eigenvalue weighted by Crippen LogP contribution is 2.33. The van der Waals surface area contributed by atoms with Crippen LogP contribution in [0.2, 0.25) is 0 Å². The molecule has 0 unspecified atom stereocenters. The first kappa shape index (κ1) is 27.0. The third-order valence-corrected chi connectivity index (χ3v) is 8.34. The van der Waals surface area contributed by atoms with Crippen molar-refractivity contribution in [3.63, 3.8) is 0 Å². The zero-order valence-corrected chi connectivity index (χ0v) is 22.7. The van der Waals surface area contributed by atoms with Crippen LogP contribution in [0, 0.1) is 0 Å². The SMILES string of the molecule is CCOc1ccc(S(=O)(=O)N[C@@H](Cc2ccccc2)C(=O)N2CCN(Cc3ccc4c(c3)OCO4)CC2)cc1. The van der Waals surface area contributed by atoms with Gasteiger partial charge in [-0.05, 0) is 60.9 Å². The number of hydrogen-bond acceptors (Lipinski definition) is 7. The van der Waals surface area contributed by atoms with Gasteiger partial charge in [-0.25, -0.2) is 8.42 Å². The third-order valence-electron chi connectivity index (χ3n) is 6.85. The average Bonchev–Trinajstić information content (AvgIpc) is 3.42. The summed E-state index contributed by atoms with van der Waals surface area (Å²) in [6, 6.07) is 20.7. The van der Waals surface area contributed by atoms with Gasteiger partial charge in [0.1, 0.15) is 11.8 Å². The maximum absolute atomic E-state index is 13.7. The average molecular weight is 552 g/mol. The molecule has 3 aromatic carbocycles. The number of ether oxygens (including phenoxy) is 3. The Kier molecular flexibility index (Phi) is 8.35. The van der Waals surface area contributed by atoms with Crippen molar-refractivity contribution < 1.29 is 27.4 Å². The van der Waals surface area contributed by atoms with Crippen LogP contribution in [0.5, 0.6) is 17.2 Å². The van der Waals surface area contributed by atoms with Gasteiger partial charge < -0.3 is 19.1 Å². The maximum atomic E-state index is 13.7. The van der Waals surface area contributed by atoms with Crippen LogP contribution in [0.1, 0.15) is 18.1 Å². The molecular formula is C29H33N3O6S. The van der Waals surface area contributed by atoms with Gasteiger partial charge in [-0.1, -0.05) is 36.4 Å². The van der Waals surface area contributed by atoms with E-state index in [1.807, 2.05) is 55.5 Å². The van der Waals surface area contributed by atoms with Crippen molar-refractivity contribution in [3.8, 4) is 17.2 Å². The molecule has 2 heterocycles. The molecule has 3 aromatic rings. The smallest absolute Gasteiger partial charge is 0.241 e. The van der Waals surface area contributed by atoms with Crippen LogP contribution >= 0.6 is 0 Å². The third kappa shape index (κ3) is 6.70. The highest BCUT2D eigenvalue weighted by atomic mass is 32.2. The van der Waals surface area contributed by atoms with Crippen molar-refractivity contribution in [2.45, 2.75) is 30.8 Å². The monoisotopic (exact) mass is 551 g/mol. The van der Waals surface area contributed by atoms with Gasteiger partial charge in [0.2, 0.25) is 22.7 Å². The Morgan fingerprint density at radius 1 is 0.923 bits per heavy atom. The summed E-state index contributed by atoms with van der Waals surface area (Å²) in [7, 11) is -3.94. The van der Waals surface area contributed by atoms with Crippen molar-refractivity contribution in [1.29, 1.82) is 0 Å². The molecule has 9 nitrogen and oxygen atoms in total. The number of hydrogen-bond donors (Lipinski definition) is 1. The molecule has 0 aromatic heterocycles. The summed E-state index contributed by atoms with van der Waals surface area (Å²) in [5.74, 6) is 1.87. The molecule has 2 aliphatic heterocycles. The van der Waals surface area contributed by atoms with E-state index in [9.17, 15) is 13.2 Å². The van der Waals surface area contributed by atoms with Gasteiger partial charge in [0.25, 0.3) is 0 Å². The predicted octanol–water partition coefficient (Wildman–Crippen LogP) is 3.05. The fraction of sp³-hybridized carbons (Fsp3) is 0.345. The summed E-state index contributed by atoms with van der Waals surface area (Å²) in [6.07, 6.45) is 0.257. The Bertz CT molecular complexity index is 1370. The summed E-state index contributed by atoms with van der Waals surface area (Å²) in [5, 5.41) is 0. The lowest BCUT2D eigenvalue weighted by molar-refractivity contribution is -0.134. The number of nitrogens with zero attached hydrogens (tertiary/aromatic N) is 2. The molecular weight excluding hydrogens is 518 g/mol. The first-order chi connectivity index (χ1) is 18.9. The lowest BCUT2D eigenvalue weighted by Gasteiger charge is -2.36. The van der Waals surface area contributed by atoms with Crippen LogP contribution in [0.4, 0.5) is 0 Å². The minimum atomic E-state index is -3.94. The van der Waals surface area contributed by atoms with E-state index in [0.29, 0.717) is 38.5 Å². The van der Waals surface area contributed by atoms with E-state index in [0.717, 1.165) is 29.2 Å². The van der Waals surface area contributed by atoms with Crippen LogP contribution in [-0.4, -0.2) is 69.7 Å². The molecule has 0 aliphatic carbocycles. The van der Waals surface area contributed by atoms with Gasteiger partial charge in [-0.15, -0.1) is 0 Å². The molecule has 1 saturated heterocycles. The van der Waals surface area contributed by atoms with Gasteiger partial charge >= 0.3 is 0 Å². The molecule has 2 aliphatic rings. The number of fused-ring (bicyclic) bond motifs is 1. The van der Waals surface area contributed by atoms with Crippen LogP contribution in [0.3, 0.4) is 0 Å². The molecule has 0 spiro atoms. The first-order valence-corrected chi connectivity index (χ1v) is 14.6. The van der Waals surface area contributed by atoms with E-state index < -0.39 is 16.1 Å². The van der Waals surface area contributed by atoms with E-state index in [4.69, 9.17) is 14.2 Å². The number of sulfonamides is 1. The topological polar surface area (TPSA) is 97.4 Å². The number of benzene rings is 3. The molecule has 0 saturated carbocycles. The highest BCUT2D eigenvalue weighted by molar-refractivity contribution is 7.89. The van der Waals surface area contributed by atoms with Gasteiger partial charge in [0.15, 0.2) is 11.5 Å². The van der Waals surface area contributed by atoms with E-state index in [2.05, 4.69) is 9.62 Å². The Labute approximate surface area is 229 Å². The normalized spacial score (nSPS) is 16.2. The van der Waals surface area contributed by atoms with Crippen LogP contribution in [0.25, 0.3) is 0 Å². The lowest BCUT2D eigenvalue weighted by atomic mass is 10.1. The summed E-state index contributed by atoms with van der Waals surface area (Å²) < 4.78 is 45.5. The molecule has 1 atom stereocenters. The van der Waals surface area contributed by atoms with E-state index in [1.54, 1.807) is 17.0 Å². The van der Waals surface area contributed by atoms with Crippen molar-refractivity contribution in [3.05, 3.63) is 83.9 Å². The zero-order chi connectivity index (χ0) is 27.2. The Morgan fingerprint density at radius 3 is 2.36 bits per heavy atom. The van der Waals surface area contributed by atoms with Crippen molar-refractivity contribution in [1.82, 2.24) is 14.5 Å². The first-order valence-electron chi connectivity index (χ1n) is 13.1. The Balaban J connectivity index is 1.25. The van der Waals surface area contributed by atoms with E-state index in [-0.39, 0.29) is 24.0 Å². The van der Waals surface area contributed by atoms with Gasteiger partial charge in [-0.2, -0.15) is 4.72 Å². The molecule has 206 valence electrons. The number of carbonyl (C=O) groups is 1. The molecule has 10 heteroatoms. The minimum Gasteiger partial charge on any atom is -0.494 e. The fourth-order valence-corrected chi connectivity index (χ4v) is 6.00. The quantitative estimate of drug-likeness (QED) is 0.414. The molecule has 5 rings (SSSR count). The second-order valence-electron chi connectivity index (χ2n) is 9.56. The fourth-order valence-electron chi connectivity index (χ4n) is 4.81. The molecule has 39 heavy (non-hydrogen) atoms. The number of carbonyl (C=O) groups excluding carboxylic acids is 1. The van der Waals surface area contributed by atoms with Crippen LogP contribution < -0.4 is 18.9 Å². The number of nitrogens with one attached hydrogen (secondary N) is 1. The number of piperazine rings is 1. The second kappa shape index (κ2) is 12.1. The van der Waals surface area contributed by atoms with Crippen molar-refractivity contribution >= 4 is 15.9 Å². The maximum Gasteiger partial charge on any atom is 0.241 e. The van der Waals surface area contributed by atoms with E-state index >= 15 is 0 Å². The predicted molar refractivity (Wildman–Crippen MR) is 146 cm³/mol. The lowest BCUT2D eigenvalue weighted by Crippen LogP contribution is -2.55. The van der Waals surface area contributed by atoms with Crippen molar-refractivity contribution in [2.75, 3.05) is 39.6 Å². The van der Waals surface area contributed by atoms with Crippen LogP contribution in [0.15, 0.2) is 77.7 Å². The van der Waals surface area contributed by atoms with Crippen LogP contribution in [-0.2, 0) is 27.8 Å². The minimum absolute atomic E-state index is 0.0883. The Hall–Kier alpha value is -3.60. The largest absolute Gasteiger partial charge is 0.494 e. The zero-order valence-electron chi connectivity index (χ0n) is 21.9. The van der Waals surface area contributed by atoms with E-state index in [1.165, 1.54) is 12.1 Å². The number of rotatable bonds is 10. The standard InChI is InChI=1S/C29H33N3O6S/c1-2-36-24-9-11-25(12-10-24)39(34,35)30-26(18-22-6-4-3-5-7-22)29(33)32-16-14-31(15-17-32)20-23-8-13-27-28(19-23)38-21-37-27/h3-13,19,26,30H,2,14-18,20-21H2,1H3/t26-/m0/s1. The molecule has 1 amide bonds. The number of amides is 1. The summed E-state index contributed by atoms with van der Waals surface area (Å²) in [5.41, 5.74) is 2.00. The molecule has 1 fully saturated rings. The second-order valence-corrected chi connectivity index (χ2v) is 11.3. The van der Waals surface area contributed by atoms with Gasteiger partial charge in [0.05, 0.1) is 11.5 Å². The Morgan fingerprint density at radius 2 is 1.64 bits per heavy atom. The summed E-state index contributed by atoms with van der Waals surface area (Å²) >= 11 is 0. The van der Waals surface area contributed by atoms with Crippen molar-refractivity contribution in [2.24, 2.45) is 0 Å². The highest BCUT2D eigenvalue weighted by Gasteiger charge is 2.31. The molecule has 1 N–H and O–H groups in total. The molecule has 0 bridgehead atoms. The molecule has 0 radical (unpaired) electrons. The van der Waals surface area contributed by atoms with Gasteiger partial charge in [-0.3, -0.25) is 9.69 Å². The van der Waals surface area contributed by atoms with Gasteiger partial charge in [0, 0.05) is 32.7 Å².